The van der Waals surface area contributed by atoms with Crippen LogP contribution in [0.25, 0.3) is 0 Å². The fraction of sp³-hybridized carbons (Fsp3) is 0.600. The quantitative estimate of drug-likeness (QED) is 0.808. The highest BCUT2D eigenvalue weighted by Crippen LogP contribution is 2.26. The normalized spacial score (nSPS) is 23.6. The number of nitrogens with zero attached hydrogens (tertiary/aromatic N) is 2. The molecule has 2 heterocycles. The van der Waals surface area contributed by atoms with Crippen molar-refractivity contribution in [1.82, 2.24) is 10.2 Å². The molecule has 7 nitrogen and oxygen atoms in total. The minimum absolute atomic E-state index is 0.0377. The molecule has 28 heavy (non-hydrogen) atoms. The molecule has 0 saturated carbocycles. The highest BCUT2D eigenvalue weighted by Gasteiger charge is 2.25. The summed E-state index contributed by atoms with van der Waals surface area (Å²) in [7, 11) is 0. The Morgan fingerprint density at radius 3 is 2.64 bits per heavy atom. The van der Waals surface area contributed by atoms with E-state index in [0.717, 1.165) is 13.0 Å². The van der Waals surface area contributed by atoms with Gasteiger partial charge in [0.1, 0.15) is 5.82 Å². The molecule has 2 aliphatic heterocycles. The Hall–Kier alpha value is -2.35. The lowest BCUT2D eigenvalue weighted by Gasteiger charge is -2.37. The molecule has 2 fully saturated rings. The van der Waals surface area contributed by atoms with E-state index in [1.54, 1.807) is 17.0 Å². The van der Waals surface area contributed by atoms with Crippen LogP contribution in [0.3, 0.4) is 0 Å². The van der Waals surface area contributed by atoms with Crippen molar-refractivity contribution in [2.75, 3.05) is 36.4 Å². The van der Waals surface area contributed by atoms with Crippen LogP contribution in [0, 0.1) is 5.82 Å². The van der Waals surface area contributed by atoms with Crippen LogP contribution in [0.4, 0.5) is 20.6 Å². The van der Waals surface area contributed by atoms with Gasteiger partial charge >= 0.3 is 6.03 Å². The second-order valence-electron chi connectivity index (χ2n) is 7.77. The minimum Gasteiger partial charge on any atom is -0.372 e. The fourth-order valence-electron chi connectivity index (χ4n) is 3.88. The highest BCUT2D eigenvalue weighted by atomic mass is 19.1. The lowest BCUT2D eigenvalue weighted by molar-refractivity contribution is -0.127. The van der Waals surface area contributed by atoms with E-state index in [4.69, 9.17) is 4.74 Å². The summed E-state index contributed by atoms with van der Waals surface area (Å²) in [5.41, 5.74) is 0.895. The van der Waals surface area contributed by atoms with Gasteiger partial charge in [0.25, 0.3) is 0 Å². The summed E-state index contributed by atoms with van der Waals surface area (Å²) >= 11 is 0. The van der Waals surface area contributed by atoms with Crippen molar-refractivity contribution in [1.29, 1.82) is 0 Å². The number of morpholine rings is 1. The summed E-state index contributed by atoms with van der Waals surface area (Å²) in [6.07, 6.45) is 1.52. The zero-order chi connectivity index (χ0) is 20.3. The number of ether oxygens (including phenoxy) is 1. The van der Waals surface area contributed by atoms with Gasteiger partial charge in [-0.1, -0.05) is 0 Å². The van der Waals surface area contributed by atoms with Crippen LogP contribution >= 0.6 is 0 Å². The molecule has 0 radical (unpaired) electrons. The number of carbonyl (C=O) groups excluding carboxylic acids is 2. The molecule has 0 aromatic heterocycles. The maximum atomic E-state index is 14.6. The van der Waals surface area contributed by atoms with Crippen molar-refractivity contribution < 1.29 is 18.7 Å². The number of likely N-dealkylation sites (tertiary alicyclic amines) is 1. The number of rotatable bonds is 5. The fourth-order valence-corrected chi connectivity index (χ4v) is 3.88. The van der Waals surface area contributed by atoms with Gasteiger partial charge in [-0.05, 0) is 45.4 Å². The van der Waals surface area contributed by atoms with E-state index in [1.807, 2.05) is 25.7 Å². The first-order chi connectivity index (χ1) is 13.3. The second kappa shape index (κ2) is 8.77. The smallest absolute Gasteiger partial charge is 0.319 e. The topological polar surface area (TPSA) is 73.9 Å². The summed E-state index contributed by atoms with van der Waals surface area (Å²) in [5.74, 6) is -0.256. The molecule has 2 aliphatic rings. The summed E-state index contributed by atoms with van der Waals surface area (Å²) < 4.78 is 20.3. The molecule has 3 rings (SSSR count). The SMILES string of the molecule is C[C@H](CN1CCCC1=O)NC(=O)Nc1ccc(N2C[C@@H](C)O[C@H](C)C2)c(F)c1. The predicted molar refractivity (Wildman–Crippen MR) is 106 cm³/mol. The first-order valence-corrected chi connectivity index (χ1v) is 9.87. The monoisotopic (exact) mass is 392 g/mol. The molecule has 0 bridgehead atoms. The van der Waals surface area contributed by atoms with Crippen molar-refractivity contribution in [3.63, 3.8) is 0 Å². The molecular weight excluding hydrogens is 363 g/mol. The second-order valence-corrected chi connectivity index (χ2v) is 7.77. The van der Waals surface area contributed by atoms with E-state index >= 15 is 0 Å². The Labute approximate surface area is 165 Å². The number of urea groups is 1. The van der Waals surface area contributed by atoms with Gasteiger partial charge in [-0.3, -0.25) is 4.79 Å². The van der Waals surface area contributed by atoms with Gasteiger partial charge in [0.2, 0.25) is 5.91 Å². The Kier molecular flexibility index (Phi) is 6.39. The summed E-state index contributed by atoms with van der Waals surface area (Å²) in [6.45, 7) is 8.25. The number of anilines is 2. The molecule has 1 aromatic rings. The average Bonchev–Trinajstić information content (AvgIpc) is 2.98. The lowest BCUT2D eigenvalue weighted by Crippen LogP contribution is -2.45. The molecule has 154 valence electrons. The summed E-state index contributed by atoms with van der Waals surface area (Å²) in [6, 6.07) is 4.09. The van der Waals surface area contributed by atoms with E-state index in [9.17, 15) is 14.0 Å². The molecule has 2 N–H and O–H groups in total. The molecule has 0 unspecified atom stereocenters. The number of hydrogen-bond acceptors (Lipinski definition) is 4. The Morgan fingerprint density at radius 1 is 1.32 bits per heavy atom. The Morgan fingerprint density at radius 2 is 2.04 bits per heavy atom. The van der Waals surface area contributed by atoms with E-state index in [0.29, 0.717) is 37.4 Å². The van der Waals surface area contributed by atoms with Gasteiger partial charge in [-0.2, -0.15) is 0 Å². The van der Waals surface area contributed by atoms with E-state index in [1.165, 1.54) is 6.07 Å². The Balaban J connectivity index is 1.55. The number of carbonyl (C=O) groups is 2. The molecular formula is C20H29FN4O3. The van der Waals surface area contributed by atoms with Crippen molar-refractivity contribution in [2.45, 2.75) is 51.9 Å². The van der Waals surface area contributed by atoms with Gasteiger partial charge in [-0.15, -0.1) is 0 Å². The van der Waals surface area contributed by atoms with Crippen molar-refractivity contribution in [2.24, 2.45) is 0 Å². The zero-order valence-electron chi connectivity index (χ0n) is 16.7. The maximum Gasteiger partial charge on any atom is 0.319 e. The van der Waals surface area contributed by atoms with Crippen LogP contribution in [0.1, 0.15) is 33.6 Å². The van der Waals surface area contributed by atoms with E-state index < -0.39 is 6.03 Å². The molecule has 8 heteroatoms. The molecule has 1 aromatic carbocycles. The van der Waals surface area contributed by atoms with Gasteiger partial charge in [0, 0.05) is 44.3 Å². The van der Waals surface area contributed by atoms with Gasteiger partial charge in [0.15, 0.2) is 0 Å². The van der Waals surface area contributed by atoms with Crippen LogP contribution in [-0.2, 0) is 9.53 Å². The minimum atomic E-state index is -0.417. The number of nitrogens with one attached hydrogen (secondary N) is 2. The first-order valence-electron chi connectivity index (χ1n) is 9.87. The average molecular weight is 392 g/mol. The van der Waals surface area contributed by atoms with Crippen molar-refractivity contribution in [3.05, 3.63) is 24.0 Å². The van der Waals surface area contributed by atoms with Crippen LogP contribution in [-0.4, -0.2) is 61.3 Å². The van der Waals surface area contributed by atoms with Crippen molar-refractivity contribution in [3.8, 4) is 0 Å². The number of hydrogen-bond donors (Lipinski definition) is 2. The van der Waals surface area contributed by atoms with Crippen LogP contribution in [0.15, 0.2) is 18.2 Å². The molecule has 3 amide bonds. The molecule has 3 atom stereocenters. The van der Waals surface area contributed by atoms with Crippen LogP contribution in [0.5, 0.6) is 0 Å². The van der Waals surface area contributed by atoms with Crippen LogP contribution in [0.2, 0.25) is 0 Å². The molecule has 2 saturated heterocycles. The molecule has 0 aliphatic carbocycles. The van der Waals surface area contributed by atoms with Gasteiger partial charge < -0.3 is 25.2 Å². The molecule has 0 spiro atoms. The van der Waals surface area contributed by atoms with E-state index in [2.05, 4.69) is 10.6 Å². The largest absolute Gasteiger partial charge is 0.372 e. The highest BCUT2D eigenvalue weighted by molar-refractivity contribution is 5.89. The number of halogens is 1. The Bertz CT molecular complexity index is 719. The summed E-state index contributed by atoms with van der Waals surface area (Å²) in [4.78, 5) is 27.6. The third-order valence-electron chi connectivity index (χ3n) is 5.01. The third-order valence-corrected chi connectivity index (χ3v) is 5.01. The maximum absolute atomic E-state index is 14.6. The first kappa shape index (κ1) is 20.4. The zero-order valence-corrected chi connectivity index (χ0v) is 16.7. The van der Waals surface area contributed by atoms with E-state index in [-0.39, 0.29) is 30.0 Å². The predicted octanol–water partition coefficient (Wildman–Crippen LogP) is 2.57. The van der Waals surface area contributed by atoms with Crippen molar-refractivity contribution >= 4 is 23.3 Å². The number of benzene rings is 1. The number of amides is 3. The van der Waals surface area contributed by atoms with Crippen LogP contribution < -0.4 is 15.5 Å². The summed E-state index contributed by atoms with van der Waals surface area (Å²) in [5, 5.41) is 5.45. The van der Waals surface area contributed by atoms with Gasteiger partial charge in [-0.25, -0.2) is 9.18 Å². The lowest BCUT2D eigenvalue weighted by atomic mass is 10.2. The van der Waals surface area contributed by atoms with Gasteiger partial charge in [0.05, 0.1) is 17.9 Å². The standard InChI is InChI=1S/C20H29FN4O3/c1-13(10-24-8-4-5-19(24)26)22-20(27)23-16-6-7-18(17(21)9-16)25-11-14(2)28-15(3)12-25/h6-7,9,13-15H,4-5,8,10-12H2,1-3H3,(H2,22,23,27)/t13-,14-,15-/m1/s1. The third kappa shape index (κ3) is 5.13.